The van der Waals surface area contributed by atoms with E-state index >= 15 is 0 Å². The molecule has 0 rings (SSSR count). The summed E-state index contributed by atoms with van der Waals surface area (Å²) >= 11 is 0. The molecule has 69 heavy (non-hydrogen) atoms. The maximum atomic E-state index is 12.3. The Balaban J connectivity index is 3.48. The lowest BCUT2D eigenvalue weighted by Crippen LogP contribution is -2.28. The third-order valence-corrected chi connectivity index (χ3v) is 13.3. The highest BCUT2D eigenvalue weighted by atomic mass is 16.6. The second-order valence-electron chi connectivity index (χ2n) is 20.1. The van der Waals surface area contributed by atoms with E-state index in [1.807, 2.05) is 0 Å². The molecule has 0 aromatic heterocycles. The van der Waals surface area contributed by atoms with Crippen LogP contribution in [0.4, 0.5) is 0 Å². The van der Waals surface area contributed by atoms with Gasteiger partial charge in [0, 0.05) is 12.8 Å². The molecule has 0 saturated heterocycles. The van der Waals surface area contributed by atoms with Crippen molar-refractivity contribution in [1.82, 2.24) is 0 Å². The van der Waals surface area contributed by atoms with Gasteiger partial charge < -0.3 is 14.6 Å². The van der Waals surface area contributed by atoms with Crippen LogP contribution in [0.2, 0.25) is 0 Å². The lowest BCUT2D eigenvalue weighted by Gasteiger charge is -2.15. The van der Waals surface area contributed by atoms with Crippen LogP contribution in [-0.4, -0.2) is 36.4 Å². The van der Waals surface area contributed by atoms with E-state index in [9.17, 15) is 14.7 Å². The Kier molecular flexibility index (Phi) is 57.3. The van der Waals surface area contributed by atoms with Crippen molar-refractivity contribution in [2.75, 3.05) is 13.2 Å². The summed E-state index contributed by atoms with van der Waals surface area (Å²) in [5, 5.41) is 9.66. The van der Waals surface area contributed by atoms with E-state index < -0.39 is 6.10 Å². The SMILES string of the molecule is CC/C=C\C/C=C\C/C=C\C/C=C\C/C=C\C/C=C\CCCCCCCCC(=O)OC(CO)COC(=O)CCCCCCCCCCCCCCCCCCCCCCCCCCCCCCCC. The average Bonchev–Trinajstić information content (AvgIpc) is 3.35. The lowest BCUT2D eigenvalue weighted by molar-refractivity contribution is -0.161. The van der Waals surface area contributed by atoms with Crippen molar-refractivity contribution < 1.29 is 24.2 Å². The van der Waals surface area contributed by atoms with E-state index in [0.717, 1.165) is 83.5 Å². The summed E-state index contributed by atoms with van der Waals surface area (Å²) in [6, 6.07) is 0. The zero-order valence-electron chi connectivity index (χ0n) is 45.8. The minimum atomic E-state index is -0.783. The topological polar surface area (TPSA) is 72.8 Å². The van der Waals surface area contributed by atoms with Gasteiger partial charge in [0.1, 0.15) is 6.61 Å². The van der Waals surface area contributed by atoms with Crippen molar-refractivity contribution in [2.24, 2.45) is 0 Å². The van der Waals surface area contributed by atoms with Crippen LogP contribution in [-0.2, 0) is 19.1 Å². The van der Waals surface area contributed by atoms with Crippen molar-refractivity contribution in [1.29, 1.82) is 0 Å². The van der Waals surface area contributed by atoms with Crippen molar-refractivity contribution in [3.63, 3.8) is 0 Å². The highest BCUT2D eigenvalue weighted by Crippen LogP contribution is 2.17. The number of carbonyl (C=O) groups is 2. The highest BCUT2D eigenvalue weighted by molar-refractivity contribution is 5.70. The van der Waals surface area contributed by atoms with Crippen molar-refractivity contribution >= 4 is 11.9 Å². The fourth-order valence-corrected chi connectivity index (χ4v) is 8.80. The predicted octanol–water partition coefficient (Wildman–Crippen LogP) is 20.4. The second-order valence-corrected chi connectivity index (χ2v) is 20.1. The number of rotatable bonds is 55. The highest BCUT2D eigenvalue weighted by Gasteiger charge is 2.16. The van der Waals surface area contributed by atoms with Crippen LogP contribution in [0.5, 0.6) is 0 Å². The summed E-state index contributed by atoms with van der Waals surface area (Å²) in [6.45, 7) is 4.05. The van der Waals surface area contributed by atoms with Gasteiger partial charge in [-0.25, -0.2) is 0 Å². The number of carbonyl (C=O) groups excluding carboxylic acids is 2. The number of ether oxygens (including phenoxy) is 2. The third kappa shape index (κ3) is 57.8. The quantitative estimate of drug-likeness (QED) is 0.0374. The largest absolute Gasteiger partial charge is 0.462 e. The van der Waals surface area contributed by atoms with Gasteiger partial charge in [-0.2, -0.15) is 0 Å². The Morgan fingerprint density at radius 2 is 0.623 bits per heavy atom. The first-order valence-electron chi connectivity index (χ1n) is 30.0. The molecule has 0 fully saturated rings. The zero-order valence-corrected chi connectivity index (χ0v) is 45.8. The summed E-state index contributed by atoms with van der Waals surface area (Å²) in [4.78, 5) is 24.6. The number of allylic oxidation sites excluding steroid dienone is 12. The molecule has 0 aromatic rings. The molecule has 0 aliphatic carbocycles. The molecule has 400 valence electrons. The molecular formula is C64H114O5. The molecule has 0 heterocycles. The Hall–Kier alpha value is -2.66. The van der Waals surface area contributed by atoms with Gasteiger partial charge in [-0.1, -0.05) is 299 Å². The van der Waals surface area contributed by atoms with Crippen LogP contribution in [0.25, 0.3) is 0 Å². The normalized spacial score (nSPS) is 12.7. The number of hydrogen-bond acceptors (Lipinski definition) is 5. The summed E-state index contributed by atoms with van der Waals surface area (Å²) in [5.41, 5.74) is 0. The Bertz CT molecular complexity index is 1230. The van der Waals surface area contributed by atoms with E-state index in [0.29, 0.717) is 12.8 Å². The van der Waals surface area contributed by atoms with Gasteiger partial charge >= 0.3 is 11.9 Å². The Labute approximate surface area is 429 Å². The van der Waals surface area contributed by atoms with Gasteiger partial charge in [0.2, 0.25) is 0 Å². The number of esters is 2. The maximum absolute atomic E-state index is 12.3. The molecule has 0 spiro atoms. The van der Waals surface area contributed by atoms with Gasteiger partial charge in [-0.05, 0) is 64.2 Å². The summed E-state index contributed by atoms with van der Waals surface area (Å²) in [7, 11) is 0. The molecule has 0 radical (unpaired) electrons. The molecule has 0 bridgehead atoms. The van der Waals surface area contributed by atoms with Crippen LogP contribution in [0.1, 0.15) is 303 Å². The lowest BCUT2D eigenvalue weighted by atomic mass is 10.0. The fraction of sp³-hybridized carbons (Fsp3) is 0.781. The number of hydrogen-bond donors (Lipinski definition) is 1. The van der Waals surface area contributed by atoms with E-state index in [4.69, 9.17) is 9.47 Å². The minimum absolute atomic E-state index is 0.0720. The van der Waals surface area contributed by atoms with Crippen LogP contribution >= 0.6 is 0 Å². The second kappa shape index (κ2) is 59.6. The molecule has 0 amide bonds. The van der Waals surface area contributed by atoms with Crippen molar-refractivity contribution in [3.8, 4) is 0 Å². The maximum Gasteiger partial charge on any atom is 0.306 e. The predicted molar refractivity (Wildman–Crippen MR) is 302 cm³/mol. The van der Waals surface area contributed by atoms with Gasteiger partial charge in [0.25, 0.3) is 0 Å². The molecule has 0 aromatic carbocycles. The first-order valence-corrected chi connectivity index (χ1v) is 30.0. The van der Waals surface area contributed by atoms with Crippen LogP contribution in [0, 0.1) is 0 Å². The standard InChI is InChI=1S/C64H114O5/c1-3-5-7-9-11-13-15-17-19-21-23-25-27-29-30-31-32-33-35-36-38-40-42-44-46-48-50-52-54-56-58-63(66)68-61-62(60-65)69-64(67)59-57-55-53-51-49-47-45-43-41-39-37-34-28-26-24-22-20-18-16-14-12-10-8-6-4-2/h6,8,12,14,18,20,24,26,34,37,41,43,62,65H,3-5,7,9-11,13,15-17,19,21-23,25,27-33,35-36,38-40,42,44-61H2,1-2H3/b8-6-,14-12-,20-18-,26-24-,37-34-,43-41-. The number of unbranched alkanes of at least 4 members (excludes halogenated alkanes) is 35. The molecular weight excluding hydrogens is 849 g/mol. The molecule has 0 aliphatic heterocycles. The van der Waals surface area contributed by atoms with Crippen molar-refractivity contribution in [2.45, 2.75) is 309 Å². The first kappa shape index (κ1) is 66.3. The average molecular weight is 964 g/mol. The van der Waals surface area contributed by atoms with E-state index in [1.165, 1.54) is 193 Å². The molecule has 0 saturated carbocycles. The van der Waals surface area contributed by atoms with Gasteiger partial charge in [-0.15, -0.1) is 0 Å². The summed E-state index contributed by atoms with van der Waals surface area (Å²) in [6.07, 6.45) is 81.8. The van der Waals surface area contributed by atoms with Gasteiger partial charge in [0.15, 0.2) is 6.10 Å². The van der Waals surface area contributed by atoms with E-state index in [-0.39, 0.29) is 25.2 Å². The summed E-state index contributed by atoms with van der Waals surface area (Å²) in [5.74, 6) is -0.598. The van der Waals surface area contributed by atoms with Gasteiger partial charge in [0.05, 0.1) is 6.61 Å². The van der Waals surface area contributed by atoms with E-state index in [1.54, 1.807) is 0 Å². The first-order chi connectivity index (χ1) is 34.1. The molecule has 1 N–H and O–H groups in total. The summed E-state index contributed by atoms with van der Waals surface area (Å²) < 4.78 is 10.7. The molecule has 5 nitrogen and oxygen atoms in total. The number of aliphatic hydroxyl groups is 1. The van der Waals surface area contributed by atoms with Crippen molar-refractivity contribution in [3.05, 3.63) is 72.9 Å². The molecule has 1 unspecified atom stereocenters. The smallest absolute Gasteiger partial charge is 0.306 e. The van der Waals surface area contributed by atoms with Crippen LogP contribution < -0.4 is 0 Å². The molecule has 5 heteroatoms. The van der Waals surface area contributed by atoms with Crippen LogP contribution in [0.3, 0.4) is 0 Å². The monoisotopic (exact) mass is 963 g/mol. The molecule has 0 aliphatic rings. The number of aliphatic hydroxyl groups excluding tert-OH is 1. The minimum Gasteiger partial charge on any atom is -0.462 e. The fourth-order valence-electron chi connectivity index (χ4n) is 8.80. The molecule has 1 atom stereocenters. The van der Waals surface area contributed by atoms with Gasteiger partial charge in [-0.3, -0.25) is 9.59 Å². The van der Waals surface area contributed by atoms with Crippen LogP contribution in [0.15, 0.2) is 72.9 Å². The van der Waals surface area contributed by atoms with E-state index in [2.05, 4.69) is 86.8 Å². The Morgan fingerprint density at radius 1 is 0.348 bits per heavy atom. The Morgan fingerprint density at radius 3 is 0.942 bits per heavy atom. The third-order valence-electron chi connectivity index (χ3n) is 13.3. The zero-order chi connectivity index (χ0) is 49.9.